The quantitative estimate of drug-likeness (QED) is 0.877. The van der Waals surface area contributed by atoms with Crippen molar-refractivity contribution in [2.24, 2.45) is 5.92 Å². The van der Waals surface area contributed by atoms with Crippen LogP contribution in [-0.4, -0.2) is 22.0 Å². The number of benzene rings is 1. The molecule has 1 aliphatic heterocycles. The number of unbranched alkanes of at least 4 members (excludes halogenated alkanes) is 1. The van der Waals surface area contributed by atoms with E-state index >= 15 is 0 Å². The summed E-state index contributed by atoms with van der Waals surface area (Å²) in [6, 6.07) is 5.87. The van der Waals surface area contributed by atoms with E-state index in [1.807, 2.05) is 18.2 Å². The summed E-state index contributed by atoms with van der Waals surface area (Å²) in [5.41, 5.74) is 2.81. The Balaban J connectivity index is 1.85. The van der Waals surface area contributed by atoms with Crippen molar-refractivity contribution in [1.29, 1.82) is 0 Å². The maximum Gasteiger partial charge on any atom is 0.251 e. The molecule has 0 saturated heterocycles. The van der Waals surface area contributed by atoms with Gasteiger partial charge in [-0.3, -0.25) is 4.79 Å². The smallest absolute Gasteiger partial charge is 0.251 e. The molecule has 1 aromatic carbocycles. The first-order chi connectivity index (χ1) is 10.2. The van der Waals surface area contributed by atoms with Crippen molar-refractivity contribution in [3.8, 4) is 0 Å². The van der Waals surface area contributed by atoms with Gasteiger partial charge < -0.3 is 9.88 Å². The third kappa shape index (κ3) is 2.80. The second kappa shape index (κ2) is 5.88. The number of hydrogen-bond donors (Lipinski definition) is 1. The molecule has 0 unspecified atom stereocenters. The molecule has 1 atom stereocenters. The van der Waals surface area contributed by atoms with Crippen LogP contribution in [0.4, 0.5) is 0 Å². The molecule has 1 N–H and O–H groups in total. The van der Waals surface area contributed by atoms with Gasteiger partial charge in [0.25, 0.3) is 5.91 Å². The lowest BCUT2D eigenvalue weighted by molar-refractivity contribution is 0.0953. The van der Waals surface area contributed by atoms with E-state index in [-0.39, 0.29) is 5.91 Å². The van der Waals surface area contributed by atoms with Crippen LogP contribution in [0.15, 0.2) is 18.2 Å². The number of fused-ring (bicyclic) bond motifs is 3. The number of aromatic nitrogens is 2. The fourth-order valence-corrected chi connectivity index (χ4v) is 2.97. The van der Waals surface area contributed by atoms with Gasteiger partial charge in [-0.05, 0) is 37.0 Å². The van der Waals surface area contributed by atoms with E-state index in [4.69, 9.17) is 4.98 Å². The fraction of sp³-hybridized carbons (Fsp3) is 0.529. The zero-order valence-electron chi connectivity index (χ0n) is 12.9. The Bertz CT molecular complexity index is 659. The van der Waals surface area contributed by atoms with Crippen molar-refractivity contribution in [2.75, 3.05) is 6.54 Å². The standard InChI is InChI=1S/C17H23N3O/c1-3-4-8-18-17(21)13-5-6-15-14(11-13)19-16-10-12(2)7-9-20(15)16/h5-6,11-12H,3-4,7-10H2,1-2H3,(H,18,21)/t12-/m0/s1. The molecule has 2 heterocycles. The maximum absolute atomic E-state index is 12.1. The number of imidazole rings is 1. The molecule has 1 aromatic heterocycles. The molecule has 21 heavy (non-hydrogen) atoms. The summed E-state index contributed by atoms with van der Waals surface area (Å²) in [7, 11) is 0. The van der Waals surface area contributed by atoms with E-state index in [2.05, 4.69) is 23.7 Å². The molecule has 4 nitrogen and oxygen atoms in total. The second-order valence-electron chi connectivity index (χ2n) is 6.09. The number of hydrogen-bond acceptors (Lipinski definition) is 2. The van der Waals surface area contributed by atoms with Gasteiger partial charge in [0, 0.05) is 25.1 Å². The molecule has 1 amide bonds. The Labute approximate surface area is 125 Å². The Morgan fingerprint density at radius 3 is 3.14 bits per heavy atom. The first-order valence-corrected chi connectivity index (χ1v) is 7.96. The molecule has 0 bridgehead atoms. The molecule has 1 aliphatic rings. The van der Waals surface area contributed by atoms with Crippen molar-refractivity contribution in [3.05, 3.63) is 29.6 Å². The summed E-state index contributed by atoms with van der Waals surface area (Å²) < 4.78 is 2.30. The van der Waals surface area contributed by atoms with Crippen molar-refractivity contribution in [3.63, 3.8) is 0 Å². The molecule has 2 aromatic rings. The molecule has 0 spiro atoms. The minimum absolute atomic E-state index is 0.00434. The topological polar surface area (TPSA) is 46.9 Å². The van der Waals surface area contributed by atoms with Crippen LogP contribution in [0, 0.1) is 5.92 Å². The predicted octanol–water partition coefficient (Wildman–Crippen LogP) is 3.15. The molecular formula is C17H23N3O. The van der Waals surface area contributed by atoms with Gasteiger partial charge in [0.15, 0.2) is 0 Å². The van der Waals surface area contributed by atoms with Crippen LogP contribution >= 0.6 is 0 Å². The first kappa shape index (κ1) is 14.1. The number of rotatable bonds is 4. The molecular weight excluding hydrogens is 262 g/mol. The zero-order chi connectivity index (χ0) is 14.8. The van der Waals surface area contributed by atoms with E-state index in [1.165, 1.54) is 6.42 Å². The average molecular weight is 285 g/mol. The van der Waals surface area contributed by atoms with Crippen LogP contribution in [0.5, 0.6) is 0 Å². The number of carbonyl (C=O) groups is 1. The number of nitrogens with one attached hydrogen (secondary N) is 1. The van der Waals surface area contributed by atoms with Gasteiger partial charge in [-0.15, -0.1) is 0 Å². The summed E-state index contributed by atoms with van der Waals surface area (Å²) >= 11 is 0. The summed E-state index contributed by atoms with van der Waals surface area (Å²) in [5, 5.41) is 2.96. The lowest BCUT2D eigenvalue weighted by Crippen LogP contribution is -2.24. The third-order valence-corrected chi connectivity index (χ3v) is 4.28. The van der Waals surface area contributed by atoms with Crippen LogP contribution in [0.3, 0.4) is 0 Å². The minimum Gasteiger partial charge on any atom is -0.352 e. The highest BCUT2D eigenvalue weighted by Gasteiger charge is 2.19. The third-order valence-electron chi connectivity index (χ3n) is 4.28. The van der Waals surface area contributed by atoms with Crippen LogP contribution in [-0.2, 0) is 13.0 Å². The minimum atomic E-state index is 0.00434. The number of amides is 1. The maximum atomic E-state index is 12.1. The zero-order valence-corrected chi connectivity index (χ0v) is 12.9. The summed E-state index contributed by atoms with van der Waals surface area (Å²) in [6.45, 7) is 6.17. The molecule has 3 rings (SSSR count). The lowest BCUT2D eigenvalue weighted by Gasteiger charge is -2.19. The van der Waals surface area contributed by atoms with E-state index < -0.39 is 0 Å². The Kier molecular flexibility index (Phi) is 3.95. The fourth-order valence-electron chi connectivity index (χ4n) is 2.97. The van der Waals surface area contributed by atoms with Gasteiger partial charge >= 0.3 is 0 Å². The summed E-state index contributed by atoms with van der Waals surface area (Å²) in [5.74, 6) is 1.86. The molecule has 0 radical (unpaired) electrons. The molecule has 0 aliphatic carbocycles. The van der Waals surface area contributed by atoms with Crippen molar-refractivity contribution in [2.45, 2.75) is 46.1 Å². The Morgan fingerprint density at radius 2 is 2.33 bits per heavy atom. The Hall–Kier alpha value is -1.84. The number of carbonyl (C=O) groups excluding carboxylic acids is 1. The van der Waals surface area contributed by atoms with Crippen LogP contribution in [0.2, 0.25) is 0 Å². The van der Waals surface area contributed by atoms with Crippen LogP contribution < -0.4 is 5.32 Å². The lowest BCUT2D eigenvalue weighted by atomic mass is 10.0. The van der Waals surface area contributed by atoms with Gasteiger partial charge in [0.1, 0.15) is 5.82 Å². The average Bonchev–Trinajstić information content (AvgIpc) is 2.83. The van der Waals surface area contributed by atoms with E-state index in [0.717, 1.165) is 49.2 Å². The van der Waals surface area contributed by atoms with Gasteiger partial charge in [-0.25, -0.2) is 4.98 Å². The summed E-state index contributed by atoms with van der Waals surface area (Å²) in [6.07, 6.45) is 4.35. The van der Waals surface area contributed by atoms with E-state index in [9.17, 15) is 4.79 Å². The number of nitrogens with zero attached hydrogens (tertiary/aromatic N) is 2. The highest BCUT2D eigenvalue weighted by atomic mass is 16.1. The van der Waals surface area contributed by atoms with Crippen molar-refractivity contribution < 1.29 is 4.79 Å². The normalized spacial score (nSPS) is 17.7. The van der Waals surface area contributed by atoms with Gasteiger partial charge in [-0.1, -0.05) is 20.3 Å². The van der Waals surface area contributed by atoms with E-state index in [1.54, 1.807) is 0 Å². The second-order valence-corrected chi connectivity index (χ2v) is 6.09. The monoisotopic (exact) mass is 285 g/mol. The highest BCUT2D eigenvalue weighted by molar-refractivity contribution is 5.97. The van der Waals surface area contributed by atoms with Crippen LogP contribution in [0.1, 0.15) is 49.3 Å². The molecule has 0 fully saturated rings. The first-order valence-electron chi connectivity index (χ1n) is 7.96. The highest BCUT2D eigenvalue weighted by Crippen LogP contribution is 2.25. The van der Waals surface area contributed by atoms with E-state index in [0.29, 0.717) is 11.5 Å². The molecule has 0 saturated carbocycles. The Morgan fingerprint density at radius 1 is 1.48 bits per heavy atom. The van der Waals surface area contributed by atoms with Crippen molar-refractivity contribution in [1.82, 2.24) is 14.9 Å². The van der Waals surface area contributed by atoms with Gasteiger partial charge in [-0.2, -0.15) is 0 Å². The van der Waals surface area contributed by atoms with Crippen molar-refractivity contribution >= 4 is 16.9 Å². The SMILES string of the molecule is CCCCNC(=O)c1ccc2c(c1)nc1n2CC[C@H](C)C1. The number of aryl methyl sites for hydroxylation is 1. The molecule has 112 valence electrons. The van der Waals surface area contributed by atoms with Crippen LogP contribution in [0.25, 0.3) is 11.0 Å². The van der Waals surface area contributed by atoms with Gasteiger partial charge in [0.05, 0.1) is 11.0 Å². The van der Waals surface area contributed by atoms with Gasteiger partial charge in [0.2, 0.25) is 0 Å². The largest absolute Gasteiger partial charge is 0.352 e. The predicted molar refractivity (Wildman–Crippen MR) is 84.5 cm³/mol. The molecule has 4 heteroatoms. The summed E-state index contributed by atoms with van der Waals surface area (Å²) in [4.78, 5) is 16.8.